The minimum Gasteiger partial charge on any atom is -0.304 e. The van der Waals surface area contributed by atoms with Crippen molar-refractivity contribution in [3.05, 3.63) is 127 Å². The molecule has 53 heavy (non-hydrogen) atoms. The molecule has 10 nitrogen and oxygen atoms in total. The second kappa shape index (κ2) is 17.5. The molecule has 4 heterocycles. The molecule has 0 bridgehead atoms. The summed E-state index contributed by atoms with van der Waals surface area (Å²) >= 11 is 7.13. The lowest BCUT2D eigenvalue weighted by atomic mass is 9.95. The number of piperazine rings is 2. The van der Waals surface area contributed by atoms with Crippen molar-refractivity contribution < 1.29 is 19.9 Å². The Hall–Kier alpha value is -3.14. The van der Waals surface area contributed by atoms with Gasteiger partial charge in [0.05, 0.1) is 30.6 Å². The number of aromatic nitrogens is 2. The van der Waals surface area contributed by atoms with E-state index in [4.69, 9.17) is 25.0 Å². The molecule has 278 valence electrons. The van der Waals surface area contributed by atoms with E-state index < -0.39 is 0 Å². The fourth-order valence-corrected chi connectivity index (χ4v) is 8.45. The minimum atomic E-state index is 0.0930. The van der Waals surface area contributed by atoms with Crippen LogP contribution in [0.25, 0.3) is 23.3 Å². The average molecular weight is 847 g/mol. The first-order valence-corrected chi connectivity index (χ1v) is 19.6. The molecule has 0 saturated carbocycles. The molecule has 8 rings (SSSR count). The van der Waals surface area contributed by atoms with Crippen molar-refractivity contribution in [3.63, 3.8) is 0 Å². The summed E-state index contributed by atoms with van der Waals surface area (Å²) < 4.78 is 1.89. The Morgan fingerprint density at radius 1 is 0.660 bits per heavy atom. The Kier molecular flexibility index (Phi) is 12.6. The molecule has 0 radical (unpaired) electrons. The number of hydrogen-bond donors (Lipinski definition) is 1. The van der Waals surface area contributed by atoms with Gasteiger partial charge in [-0.05, 0) is 104 Å². The molecule has 4 aromatic rings. The Balaban J connectivity index is 0.000000164. The first-order valence-electron chi connectivity index (χ1n) is 18.0. The van der Waals surface area contributed by atoms with Crippen LogP contribution in [-0.4, -0.2) is 122 Å². The summed E-state index contributed by atoms with van der Waals surface area (Å²) in [5.74, 6) is 0. The molecule has 2 aliphatic heterocycles. The second-order valence-electron chi connectivity index (χ2n) is 14.0. The van der Waals surface area contributed by atoms with Crippen LogP contribution >= 0.6 is 31.9 Å². The number of likely N-dealkylation sites (N-methyl/N-ethyl adjacent to an activating group) is 2. The quantitative estimate of drug-likeness (QED) is 0.153. The van der Waals surface area contributed by atoms with Crippen LogP contribution in [0.2, 0.25) is 0 Å². The van der Waals surface area contributed by atoms with E-state index in [-0.39, 0.29) is 18.7 Å². The van der Waals surface area contributed by atoms with E-state index in [1.165, 1.54) is 23.8 Å². The van der Waals surface area contributed by atoms with Crippen LogP contribution < -0.4 is 0 Å². The molecule has 12 heteroatoms. The number of fused-ring (bicyclic) bond motifs is 4. The maximum absolute atomic E-state index is 9.11. The monoisotopic (exact) mass is 844 g/mol. The van der Waals surface area contributed by atoms with E-state index in [9.17, 15) is 0 Å². The van der Waals surface area contributed by atoms with Gasteiger partial charge in [0.25, 0.3) is 0 Å². The largest absolute Gasteiger partial charge is 0.304 e. The number of benzene rings is 2. The highest BCUT2D eigenvalue weighted by Crippen LogP contribution is 2.41. The summed E-state index contributed by atoms with van der Waals surface area (Å²) in [5, 5.41) is 9.11. The summed E-state index contributed by atoms with van der Waals surface area (Å²) in [5.41, 5.74) is 11.2. The maximum atomic E-state index is 9.11. The van der Waals surface area contributed by atoms with Crippen LogP contribution in [0.3, 0.4) is 0 Å². The van der Waals surface area contributed by atoms with Crippen LogP contribution in [0.1, 0.15) is 56.9 Å². The highest BCUT2D eigenvalue weighted by molar-refractivity contribution is 9.10. The van der Waals surface area contributed by atoms with Crippen molar-refractivity contribution in [2.45, 2.75) is 12.1 Å². The van der Waals surface area contributed by atoms with Crippen LogP contribution in [0.15, 0.2) is 82.0 Å². The first-order chi connectivity index (χ1) is 25.8. The average Bonchev–Trinajstić information content (AvgIpc) is 3.39. The molecule has 2 saturated heterocycles. The first kappa shape index (κ1) is 38.1. The normalized spacial score (nSPS) is 20.7. The number of pyridine rings is 2. The van der Waals surface area contributed by atoms with Crippen molar-refractivity contribution in [2.75, 3.05) is 86.8 Å². The lowest BCUT2D eigenvalue weighted by molar-refractivity contribution is -0.261. The van der Waals surface area contributed by atoms with Gasteiger partial charge in [0.1, 0.15) is 13.2 Å². The Morgan fingerprint density at radius 2 is 1.09 bits per heavy atom. The van der Waals surface area contributed by atoms with Gasteiger partial charge >= 0.3 is 0 Å². The van der Waals surface area contributed by atoms with Crippen LogP contribution in [0.4, 0.5) is 0 Å². The lowest BCUT2D eigenvalue weighted by Crippen LogP contribution is -2.46. The van der Waals surface area contributed by atoms with Crippen molar-refractivity contribution in [1.82, 2.24) is 29.6 Å². The van der Waals surface area contributed by atoms with Gasteiger partial charge in [-0.3, -0.25) is 25.0 Å². The van der Waals surface area contributed by atoms with Gasteiger partial charge in [-0.15, -0.1) is 0 Å². The molecule has 2 fully saturated rings. The molecule has 2 atom stereocenters. The zero-order valence-electron chi connectivity index (χ0n) is 30.4. The maximum Gasteiger partial charge on any atom is 0.108 e. The Labute approximate surface area is 328 Å². The molecule has 0 amide bonds. The smallest absolute Gasteiger partial charge is 0.108 e. The van der Waals surface area contributed by atoms with Crippen LogP contribution in [-0.2, 0) is 14.7 Å². The summed E-state index contributed by atoms with van der Waals surface area (Å²) in [6.07, 6.45) is 8.06. The van der Waals surface area contributed by atoms with Crippen molar-refractivity contribution in [1.29, 1.82) is 0 Å². The van der Waals surface area contributed by atoms with Gasteiger partial charge in [-0.25, -0.2) is 14.7 Å². The zero-order chi connectivity index (χ0) is 36.9. The molecule has 2 aromatic carbocycles. The van der Waals surface area contributed by atoms with Crippen molar-refractivity contribution >= 4 is 55.2 Å². The van der Waals surface area contributed by atoms with Crippen molar-refractivity contribution in [2.24, 2.45) is 0 Å². The van der Waals surface area contributed by atoms with Gasteiger partial charge in [0, 0.05) is 84.8 Å². The van der Waals surface area contributed by atoms with E-state index >= 15 is 0 Å². The number of rotatable bonds is 7. The van der Waals surface area contributed by atoms with E-state index in [1.54, 1.807) is 0 Å². The molecule has 2 aliphatic carbocycles. The fraction of sp³-hybridized carbons (Fsp3) is 0.366. The molecule has 1 N–H and O–H groups in total. The third-order valence-corrected chi connectivity index (χ3v) is 11.4. The molecule has 0 spiro atoms. The van der Waals surface area contributed by atoms with Crippen LogP contribution in [0, 0.1) is 0 Å². The number of nitrogens with zero attached hydrogens (tertiary/aromatic N) is 6. The minimum absolute atomic E-state index is 0.0930. The standard InChI is InChI=1S/C21H24BrN3O2.C20H22BrN3O2/c1-24-7-9-25(10-8-24)21-18-6-4-3-5-15(18)11-16(14-27-26-2)19-12-17(22)13-23-20(19)21;1-23-6-8-24(9-7-23)20-17-5-3-2-4-14(17)10-15(13-26-25)18-11-16(21)12-22-19(18)20/h3-6,11-13,21H,7-10,14H2,1-2H3;2-5,10-12,20,25H,6-9,13H2,1H3. The summed E-state index contributed by atoms with van der Waals surface area (Å²) in [6.45, 7) is 8.79. The highest BCUT2D eigenvalue weighted by Gasteiger charge is 2.34. The third kappa shape index (κ3) is 8.57. The fourth-order valence-electron chi connectivity index (χ4n) is 7.79. The number of hydrogen-bond acceptors (Lipinski definition) is 10. The van der Waals surface area contributed by atoms with E-state index in [0.717, 1.165) is 101 Å². The topological polar surface area (TPSA) is 86.7 Å². The van der Waals surface area contributed by atoms with E-state index in [0.29, 0.717) is 6.61 Å². The van der Waals surface area contributed by atoms with Crippen molar-refractivity contribution in [3.8, 4) is 0 Å². The van der Waals surface area contributed by atoms with E-state index in [2.05, 4.69) is 137 Å². The number of halogens is 2. The molecule has 2 aromatic heterocycles. The molecule has 4 aliphatic rings. The van der Waals surface area contributed by atoms with E-state index in [1.807, 2.05) is 18.5 Å². The summed E-state index contributed by atoms with van der Waals surface area (Å²) in [7, 11) is 5.89. The molecule has 2 unspecified atom stereocenters. The molecular formula is C41H46Br2N6O4. The summed E-state index contributed by atoms with van der Waals surface area (Å²) in [4.78, 5) is 34.2. The second-order valence-corrected chi connectivity index (χ2v) is 15.8. The highest BCUT2D eigenvalue weighted by atomic mass is 79.9. The van der Waals surface area contributed by atoms with Gasteiger partial charge in [-0.2, -0.15) is 0 Å². The third-order valence-electron chi connectivity index (χ3n) is 10.6. The Morgan fingerprint density at radius 3 is 1.53 bits per heavy atom. The van der Waals surface area contributed by atoms with Crippen LogP contribution in [0.5, 0.6) is 0 Å². The van der Waals surface area contributed by atoms with Gasteiger partial charge in [-0.1, -0.05) is 48.5 Å². The van der Waals surface area contributed by atoms with Gasteiger partial charge < -0.3 is 9.80 Å². The zero-order valence-corrected chi connectivity index (χ0v) is 33.6. The molecular weight excluding hydrogens is 800 g/mol. The van der Waals surface area contributed by atoms with Gasteiger partial charge in [0.15, 0.2) is 0 Å². The lowest BCUT2D eigenvalue weighted by Gasteiger charge is -2.38. The Bertz CT molecular complexity index is 1960. The SMILES string of the molecule is CN1CCN(C2c3ccccc3C=C(COO)c3cc(Br)cnc32)CC1.COOCC1=Cc2ccccc2C(N2CCN(C)CC2)c2ncc(Br)cc21. The predicted octanol–water partition coefficient (Wildman–Crippen LogP) is 7.14. The van der Waals surface area contributed by atoms with Gasteiger partial charge in [0.2, 0.25) is 0 Å². The predicted molar refractivity (Wildman–Crippen MR) is 216 cm³/mol. The summed E-state index contributed by atoms with van der Waals surface area (Å²) in [6, 6.07) is 21.5.